The second-order valence-corrected chi connectivity index (χ2v) is 4.82. The number of ether oxygens (including phenoxy) is 1. The molecule has 0 aliphatic carbocycles. The van der Waals surface area contributed by atoms with Crippen molar-refractivity contribution in [2.75, 3.05) is 6.61 Å². The Labute approximate surface area is 115 Å². The molecule has 0 bridgehead atoms. The number of carbonyl (C=O) groups is 1. The standard InChI is InChI=1S/C12H15ClN2O4/c1-8(2)4-3-5-19-12(16)10-6-9(15(17)18)7-14-11(10)13/h6-8H,3-5H2,1-2H3. The second-order valence-electron chi connectivity index (χ2n) is 4.46. The van der Waals surface area contributed by atoms with Crippen molar-refractivity contribution in [3.05, 3.63) is 33.1 Å². The van der Waals surface area contributed by atoms with Crippen molar-refractivity contribution in [3.8, 4) is 0 Å². The maximum Gasteiger partial charge on any atom is 0.341 e. The highest BCUT2D eigenvalue weighted by atomic mass is 35.5. The van der Waals surface area contributed by atoms with Crippen molar-refractivity contribution in [3.63, 3.8) is 0 Å². The Hall–Kier alpha value is -1.69. The molecule has 19 heavy (non-hydrogen) atoms. The Bertz CT molecular complexity index is 477. The fourth-order valence-corrected chi connectivity index (χ4v) is 1.59. The van der Waals surface area contributed by atoms with Crippen molar-refractivity contribution in [1.82, 2.24) is 4.98 Å². The van der Waals surface area contributed by atoms with E-state index in [0.29, 0.717) is 5.92 Å². The van der Waals surface area contributed by atoms with Gasteiger partial charge in [-0.15, -0.1) is 0 Å². The Balaban J connectivity index is 2.66. The molecule has 104 valence electrons. The smallest absolute Gasteiger partial charge is 0.341 e. The van der Waals surface area contributed by atoms with Crippen LogP contribution in [0.25, 0.3) is 0 Å². The number of pyridine rings is 1. The molecule has 1 heterocycles. The minimum Gasteiger partial charge on any atom is -0.462 e. The van der Waals surface area contributed by atoms with Gasteiger partial charge in [-0.1, -0.05) is 25.4 Å². The SMILES string of the molecule is CC(C)CCCOC(=O)c1cc([N+](=O)[O-])cnc1Cl. The summed E-state index contributed by atoms with van der Waals surface area (Å²) in [6.07, 6.45) is 2.68. The van der Waals surface area contributed by atoms with E-state index in [0.717, 1.165) is 25.1 Å². The molecule has 1 aromatic rings. The lowest BCUT2D eigenvalue weighted by atomic mass is 10.1. The van der Waals surface area contributed by atoms with Crippen LogP contribution in [0, 0.1) is 16.0 Å². The molecule has 0 radical (unpaired) electrons. The quantitative estimate of drug-likeness (QED) is 0.263. The van der Waals surface area contributed by atoms with Crippen LogP contribution in [-0.2, 0) is 4.74 Å². The van der Waals surface area contributed by atoms with Crippen molar-refractivity contribution < 1.29 is 14.5 Å². The summed E-state index contributed by atoms with van der Waals surface area (Å²) in [5.74, 6) is -0.160. The van der Waals surface area contributed by atoms with E-state index in [1.807, 2.05) is 0 Å². The average molecular weight is 287 g/mol. The predicted molar refractivity (Wildman–Crippen MR) is 70.3 cm³/mol. The van der Waals surface area contributed by atoms with E-state index in [-0.39, 0.29) is 23.0 Å². The fourth-order valence-electron chi connectivity index (χ4n) is 1.41. The van der Waals surface area contributed by atoms with E-state index in [2.05, 4.69) is 18.8 Å². The molecule has 1 aromatic heterocycles. The van der Waals surface area contributed by atoms with E-state index in [1.165, 1.54) is 0 Å². The lowest BCUT2D eigenvalue weighted by Crippen LogP contribution is -2.09. The first kappa shape index (κ1) is 15.4. The molecular formula is C12H15ClN2O4. The van der Waals surface area contributed by atoms with Crippen molar-refractivity contribution in [2.45, 2.75) is 26.7 Å². The lowest BCUT2D eigenvalue weighted by molar-refractivity contribution is -0.385. The summed E-state index contributed by atoms with van der Waals surface area (Å²) in [4.78, 5) is 25.3. The number of nitro groups is 1. The van der Waals surface area contributed by atoms with Crippen LogP contribution in [-0.4, -0.2) is 22.5 Å². The molecule has 0 fully saturated rings. The normalized spacial score (nSPS) is 10.5. The minimum atomic E-state index is -0.690. The van der Waals surface area contributed by atoms with Gasteiger partial charge in [0.2, 0.25) is 0 Å². The number of rotatable bonds is 6. The van der Waals surface area contributed by atoms with Crippen LogP contribution < -0.4 is 0 Å². The van der Waals surface area contributed by atoms with Gasteiger partial charge in [0.05, 0.1) is 11.5 Å². The van der Waals surface area contributed by atoms with Crippen molar-refractivity contribution >= 4 is 23.3 Å². The second kappa shape index (κ2) is 7.04. The predicted octanol–water partition coefficient (Wildman–Crippen LogP) is 3.24. The Morgan fingerprint density at radius 2 is 2.26 bits per heavy atom. The largest absolute Gasteiger partial charge is 0.462 e. The number of halogens is 1. The Morgan fingerprint density at radius 1 is 1.58 bits per heavy atom. The van der Waals surface area contributed by atoms with Crippen LogP contribution >= 0.6 is 11.6 Å². The van der Waals surface area contributed by atoms with E-state index >= 15 is 0 Å². The summed E-state index contributed by atoms with van der Waals surface area (Å²) in [5.41, 5.74) is -0.376. The molecule has 6 nitrogen and oxygen atoms in total. The molecule has 0 aromatic carbocycles. The lowest BCUT2D eigenvalue weighted by Gasteiger charge is -2.07. The maximum atomic E-state index is 11.7. The van der Waals surface area contributed by atoms with Crippen molar-refractivity contribution in [1.29, 1.82) is 0 Å². The zero-order valence-electron chi connectivity index (χ0n) is 10.8. The first-order valence-corrected chi connectivity index (χ1v) is 6.26. The molecule has 0 unspecified atom stereocenters. The summed E-state index contributed by atoms with van der Waals surface area (Å²) < 4.78 is 5.01. The summed E-state index contributed by atoms with van der Waals surface area (Å²) >= 11 is 5.72. The molecule has 0 aliphatic rings. The first-order chi connectivity index (χ1) is 8.91. The van der Waals surface area contributed by atoms with Gasteiger partial charge in [0.15, 0.2) is 0 Å². The molecule has 0 aliphatic heterocycles. The van der Waals surface area contributed by atoms with Crippen LogP contribution in [0.2, 0.25) is 5.15 Å². The molecule has 1 rings (SSSR count). The topological polar surface area (TPSA) is 82.3 Å². The van der Waals surface area contributed by atoms with Gasteiger partial charge in [0.1, 0.15) is 16.9 Å². The highest BCUT2D eigenvalue weighted by Gasteiger charge is 2.18. The summed E-state index contributed by atoms with van der Waals surface area (Å²) in [6, 6.07) is 1.07. The van der Waals surface area contributed by atoms with Crippen LogP contribution in [0.3, 0.4) is 0 Å². The van der Waals surface area contributed by atoms with Crippen LogP contribution in [0.15, 0.2) is 12.3 Å². The summed E-state index contributed by atoms with van der Waals surface area (Å²) in [5, 5.41) is 10.5. The molecule has 7 heteroatoms. The number of aromatic nitrogens is 1. The molecule has 0 spiro atoms. The van der Waals surface area contributed by atoms with E-state index in [4.69, 9.17) is 16.3 Å². The highest BCUT2D eigenvalue weighted by molar-refractivity contribution is 6.32. The van der Waals surface area contributed by atoms with Crippen LogP contribution in [0.5, 0.6) is 0 Å². The molecule has 0 saturated heterocycles. The van der Waals surface area contributed by atoms with Gasteiger partial charge in [-0.3, -0.25) is 10.1 Å². The fraction of sp³-hybridized carbons (Fsp3) is 0.500. The summed E-state index contributed by atoms with van der Waals surface area (Å²) in [6.45, 7) is 4.41. The highest BCUT2D eigenvalue weighted by Crippen LogP contribution is 2.20. The maximum absolute atomic E-state index is 11.7. The monoisotopic (exact) mass is 286 g/mol. The van der Waals surface area contributed by atoms with Gasteiger partial charge in [-0.2, -0.15) is 0 Å². The molecular weight excluding hydrogens is 272 g/mol. The van der Waals surface area contributed by atoms with E-state index < -0.39 is 10.9 Å². The Kier molecular flexibility index (Phi) is 5.69. The number of esters is 1. The molecule has 0 atom stereocenters. The third kappa shape index (κ3) is 4.82. The zero-order valence-corrected chi connectivity index (χ0v) is 11.5. The molecule has 0 saturated carbocycles. The molecule has 0 N–H and O–H groups in total. The number of carbonyl (C=O) groups excluding carboxylic acids is 1. The van der Waals surface area contributed by atoms with Gasteiger partial charge in [-0.05, 0) is 18.8 Å². The number of hydrogen-bond acceptors (Lipinski definition) is 5. The summed E-state index contributed by atoms with van der Waals surface area (Å²) in [7, 11) is 0. The zero-order chi connectivity index (χ0) is 14.4. The van der Waals surface area contributed by atoms with Crippen molar-refractivity contribution in [2.24, 2.45) is 5.92 Å². The minimum absolute atomic E-state index is 0.0830. The van der Waals surface area contributed by atoms with Gasteiger partial charge in [-0.25, -0.2) is 9.78 Å². The van der Waals surface area contributed by atoms with Gasteiger partial charge in [0.25, 0.3) is 5.69 Å². The van der Waals surface area contributed by atoms with Gasteiger partial charge >= 0.3 is 5.97 Å². The Morgan fingerprint density at radius 3 is 2.84 bits per heavy atom. The molecule has 0 amide bonds. The third-order valence-electron chi connectivity index (χ3n) is 2.41. The number of nitrogens with zero attached hydrogens (tertiary/aromatic N) is 2. The first-order valence-electron chi connectivity index (χ1n) is 5.89. The van der Waals surface area contributed by atoms with Crippen LogP contribution in [0.1, 0.15) is 37.0 Å². The van der Waals surface area contributed by atoms with Gasteiger partial charge in [0, 0.05) is 6.07 Å². The van der Waals surface area contributed by atoms with Crippen LogP contribution in [0.4, 0.5) is 5.69 Å². The van der Waals surface area contributed by atoms with Gasteiger partial charge < -0.3 is 4.74 Å². The van der Waals surface area contributed by atoms with E-state index in [1.54, 1.807) is 0 Å². The average Bonchev–Trinajstić information content (AvgIpc) is 2.34. The third-order valence-corrected chi connectivity index (χ3v) is 2.72. The number of hydrogen-bond donors (Lipinski definition) is 0. The van der Waals surface area contributed by atoms with E-state index in [9.17, 15) is 14.9 Å².